The largest absolute Gasteiger partial charge is 0.496 e. The number of carbonyl (C=O) groups is 2. The Hall–Kier alpha value is -2.50. The number of nitrogens with one attached hydrogen (secondary N) is 2. The van der Waals surface area contributed by atoms with Crippen LogP contribution in [0.15, 0.2) is 23.9 Å². The molecule has 1 fully saturated rings. The maximum absolute atomic E-state index is 12.0. The molecule has 0 spiro atoms. The van der Waals surface area contributed by atoms with Crippen molar-refractivity contribution in [3.63, 3.8) is 0 Å². The number of benzene rings is 1. The molecule has 1 aliphatic rings. The number of methoxy groups -OCH3 is 2. The van der Waals surface area contributed by atoms with Crippen LogP contribution < -0.4 is 15.4 Å². The molecule has 1 aromatic carbocycles. The number of para-hydroxylation sites is 1. The molecule has 0 saturated carbocycles. The quantitative estimate of drug-likeness (QED) is 0.401. The van der Waals surface area contributed by atoms with Crippen LogP contribution in [0.3, 0.4) is 0 Å². The molecule has 1 aromatic rings. The number of rotatable bonds is 9. The van der Waals surface area contributed by atoms with Crippen molar-refractivity contribution in [1.29, 1.82) is 0 Å². The molecule has 142 valence electrons. The van der Waals surface area contributed by atoms with Crippen molar-refractivity contribution in [1.82, 2.24) is 10.6 Å². The maximum atomic E-state index is 12.0. The van der Waals surface area contributed by atoms with Gasteiger partial charge in [-0.3, -0.25) is 15.4 Å². The minimum Gasteiger partial charge on any atom is -0.496 e. The maximum Gasteiger partial charge on any atom is 0.326 e. The van der Waals surface area contributed by atoms with E-state index in [2.05, 4.69) is 24.5 Å². The van der Waals surface area contributed by atoms with Gasteiger partial charge in [0.15, 0.2) is 11.5 Å². The van der Waals surface area contributed by atoms with E-state index in [0.29, 0.717) is 23.0 Å². The van der Waals surface area contributed by atoms with E-state index in [0.717, 1.165) is 18.4 Å². The Kier molecular flexibility index (Phi) is 7.06. The van der Waals surface area contributed by atoms with Gasteiger partial charge in [0, 0.05) is 0 Å². The first-order valence-corrected chi connectivity index (χ1v) is 9.12. The minimum atomic E-state index is -0.555. The highest BCUT2D eigenvalue weighted by Gasteiger charge is 2.30. The Bertz CT molecular complexity index is 697. The van der Waals surface area contributed by atoms with E-state index in [1.54, 1.807) is 7.11 Å². The summed E-state index contributed by atoms with van der Waals surface area (Å²) >= 11 is 0. The number of hydrogen-bond acceptors (Lipinski definition) is 4. The van der Waals surface area contributed by atoms with Crippen LogP contribution in [0.4, 0.5) is 4.79 Å². The van der Waals surface area contributed by atoms with Gasteiger partial charge in [-0.2, -0.15) is 0 Å². The van der Waals surface area contributed by atoms with E-state index in [1.807, 2.05) is 18.2 Å². The predicted octanol–water partition coefficient (Wildman–Crippen LogP) is 3.61. The first-order valence-electron chi connectivity index (χ1n) is 9.12. The summed E-state index contributed by atoms with van der Waals surface area (Å²) in [5.41, 5.74) is 1.84. The van der Waals surface area contributed by atoms with Crippen molar-refractivity contribution in [3.8, 4) is 5.75 Å². The zero-order valence-electron chi connectivity index (χ0n) is 16.0. The first kappa shape index (κ1) is 19.8. The lowest BCUT2D eigenvalue weighted by Gasteiger charge is -2.19. The van der Waals surface area contributed by atoms with E-state index in [9.17, 15) is 9.59 Å². The fraction of sp³-hybridized carbons (Fsp3) is 0.500. The summed E-state index contributed by atoms with van der Waals surface area (Å²) in [6.07, 6.45) is 5.57. The number of carbonyl (C=O) groups excluding carboxylic acids is 2. The number of ether oxygens (including phenoxy) is 2. The van der Waals surface area contributed by atoms with Crippen LogP contribution in [0.1, 0.15) is 50.7 Å². The van der Waals surface area contributed by atoms with E-state index >= 15 is 0 Å². The van der Waals surface area contributed by atoms with E-state index in [-0.39, 0.29) is 5.70 Å². The second-order valence-corrected chi connectivity index (χ2v) is 6.44. The normalized spacial score (nSPS) is 16.8. The van der Waals surface area contributed by atoms with Crippen molar-refractivity contribution in [2.75, 3.05) is 14.2 Å². The summed E-state index contributed by atoms with van der Waals surface area (Å²) in [4.78, 5) is 23.5. The highest BCUT2D eigenvalue weighted by molar-refractivity contribution is 6.15. The number of urea groups is 1. The second kappa shape index (κ2) is 9.27. The summed E-state index contributed by atoms with van der Waals surface area (Å²) in [5.74, 6) is 1.05. The number of unbranched alkanes of at least 4 members (excludes halogenated alkanes) is 1. The van der Waals surface area contributed by atoms with Gasteiger partial charge in [-0.15, -0.1) is 0 Å². The Morgan fingerprint density at radius 1 is 1.15 bits per heavy atom. The zero-order valence-corrected chi connectivity index (χ0v) is 16.0. The molecule has 6 nitrogen and oxygen atoms in total. The van der Waals surface area contributed by atoms with Crippen LogP contribution in [-0.4, -0.2) is 26.2 Å². The molecule has 1 aliphatic heterocycles. The van der Waals surface area contributed by atoms with Crippen molar-refractivity contribution >= 4 is 17.7 Å². The van der Waals surface area contributed by atoms with Gasteiger partial charge in [0.25, 0.3) is 5.91 Å². The minimum absolute atomic E-state index is 0.103. The number of imide groups is 1. The lowest BCUT2D eigenvalue weighted by molar-refractivity contribution is -0.115. The molecule has 6 heteroatoms. The van der Waals surface area contributed by atoms with Crippen molar-refractivity contribution in [2.24, 2.45) is 5.92 Å². The van der Waals surface area contributed by atoms with Gasteiger partial charge in [-0.1, -0.05) is 51.7 Å². The van der Waals surface area contributed by atoms with E-state index in [4.69, 9.17) is 9.47 Å². The summed E-state index contributed by atoms with van der Waals surface area (Å²) in [6, 6.07) is 5.25. The van der Waals surface area contributed by atoms with Crippen LogP contribution in [0, 0.1) is 5.92 Å². The van der Waals surface area contributed by atoms with Gasteiger partial charge in [0.05, 0.1) is 19.8 Å². The molecule has 1 atom stereocenters. The van der Waals surface area contributed by atoms with Gasteiger partial charge in [0.2, 0.25) is 0 Å². The van der Waals surface area contributed by atoms with Gasteiger partial charge in [-0.05, 0) is 24.0 Å². The number of hydrogen-bond donors (Lipinski definition) is 2. The van der Waals surface area contributed by atoms with Gasteiger partial charge < -0.3 is 9.47 Å². The van der Waals surface area contributed by atoms with E-state index < -0.39 is 11.9 Å². The molecule has 2 rings (SSSR count). The summed E-state index contributed by atoms with van der Waals surface area (Å²) in [6.45, 7) is 4.41. The summed E-state index contributed by atoms with van der Waals surface area (Å²) < 4.78 is 11.1. The molecule has 26 heavy (non-hydrogen) atoms. The zero-order chi connectivity index (χ0) is 19.1. The fourth-order valence-electron chi connectivity index (χ4n) is 3.29. The predicted molar refractivity (Wildman–Crippen MR) is 101 cm³/mol. The Morgan fingerprint density at radius 2 is 1.92 bits per heavy atom. The van der Waals surface area contributed by atoms with Gasteiger partial charge in [-0.25, -0.2) is 4.79 Å². The third kappa shape index (κ3) is 4.36. The Labute approximate surface area is 154 Å². The first-order chi connectivity index (χ1) is 12.5. The van der Waals surface area contributed by atoms with Crippen LogP contribution in [0.25, 0.3) is 5.76 Å². The van der Waals surface area contributed by atoms with Crippen molar-refractivity contribution in [2.45, 2.75) is 46.0 Å². The molecule has 1 heterocycles. The monoisotopic (exact) mass is 360 g/mol. The molecular weight excluding hydrogens is 332 g/mol. The topological polar surface area (TPSA) is 76.7 Å². The highest BCUT2D eigenvalue weighted by Crippen LogP contribution is 2.34. The molecule has 2 N–H and O–H groups in total. The molecule has 0 aliphatic carbocycles. The smallest absolute Gasteiger partial charge is 0.326 e. The molecule has 0 bridgehead atoms. The summed E-state index contributed by atoms with van der Waals surface area (Å²) in [5, 5.41) is 4.70. The van der Waals surface area contributed by atoms with Crippen LogP contribution in [0.2, 0.25) is 0 Å². The third-order valence-electron chi connectivity index (χ3n) is 4.72. The van der Waals surface area contributed by atoms with Crippen molar-refractivity contribution < 1.29 is 19.1 Å². The molecule has 0 aromatic heterocycles. The molecule has 3 amide bonds. The molecule has 1 saturated heterocycles. The van der Waals surface area contributed by atoms with Crippen LogP contribution in [-0.2, 0) is 16.0 Å². The summed E-state index contributed by atoms with van der Waals surface area (Å²) in [7, 11) is 3.09. The Morgan fingerprint density at radius 3 is 2.46 bits per heavy atom. The second-order valence-electron chi connectivity index (χ2n) is 6.44. The lowest BCUT2D eigenvalue weighted by atomic mass is 9.90. The molecule has 0 radical (unpaired) electrons. The van der Waals surface area contributed by atoms with E-state index in [1.165, 1.54) is 26.4 Å². The number of amides is 3. The average Bonchev–Trinajstić information content (AvgIpc) is 2.97. The lowest BCUT2D eigenvalue weighted by Crippen LogP contribution is -2.22. The highest BCUT2D eigenvalue weighted by atomic mass is 16.5. The van der Waals surface area contributed by atoms with Gasteiger partial charge >= 0.3 is 6.03 Å². The molecular formula is C20H28N2O4. The van der Waals surface area contributed by atoms with Crippen LogP contribution in [0.5, 0.6) is 5.75 Å². The SMILES string of the molecule is CCCCC(CC)Cc1cccc(C(OC)=C2NC(=O)NC2=O)c1OC. The fourth-order valence-corrected chi connectivity index (χ4v) is 3.29. The Balaban J connectivity index is 2.42. The standard InChI is InChI=1S/C20H28N2O4/c1-5-7-9-13(6-2)12-14-10-8-11-15(17(14)25-3)18(26-4)16-19(23)22-20(24)21-16/h8,10-11,13H,5-7,9,12H2,1-4H3,(H2,21,22,23,24). The van der Waals surface area contributed by atoms with Crippen molar-refractivity contribution in [3.05, 3.63) is 35.0 Å². The third-order valence-corrected chi connectivity index (χ3v) is 4.72. The molecule has 1 unspecified atom stereocenters. The van der Waals surface area contributed by atoms with Crippen LogP contribution >= 0.6 is 0 Å². The van der Waals surface area contributed by atoms with Gasteiger partial charge in [0.1, 0.15) is 5.75 Å². The average molecular weight is 360 g/mol.